The van der Waals surface area contributed by atoms with Gasteiger partial charge in [-0.2, -0.15) is 5.10 Å². The lowest BCUT2D eigenvalue weighted by molar-refractivity contribution is -0.125. The second kappa shape index (κ2) is 9.98. The number of rotatable bonds is 8. The molecule has 2 aromatic carbocycles. The third kappa shape index (κ3) is 5.42. The number of aromatic nitrogens is 2. The average molecular weight is 426 g/mol. The molecule has 156 valence electrons. The zero-order chi connectivity index (χ0) is 21.5. The fourth-order valence-electron chi connectivity index (χ4n) is 3.03. The Balaban J connectivity index is 1.62. The minimum absolute atomic E-state index is 0.128. The SMILES string of the molecule is COc1cc(/C=C/C(=O)N(C)Cc2cnn(Cc3ccccc3)c2)cc(Cl)c1OC. The highest BCUT2D eigenvalue weighted by Gasteiger charge is 2.11. The van der Waals surface area contributed by atoms with Crippen LogP contribution in [0.5, 0.6) is 11.5 Å². The Bertz CT molecular complexity index is 1030. The van der Waals surface area contributed by atoms with E-state index in [-0.39, 0.29) is 5.91 Å². The quantitative estimate of drug-likeness (QED) is 0.505. The molecule has 30 heavy (non-hydrogen) atoms. The molecule has 0 bridgehead atoms. The zero-order valence-corrected chi connectivity index (χ0v) is 18.0. The van der Waals surface area contributed by atoms with Gasteiger partial charge in [0.25, 0.3) is 0 Å². The topological polar surface area (TPSA) is 56.6 Å². The summed E-state index contributed by atoms with van der Waals surface area (Å²) < 4.78 is 12.4. The lowest BCUT2D eigenvalue weighted by atomic mass is 10.2. The van der Waals surface area contributed by atoms with Crippen molar-refractivity contribution in [1.29, 1.82) is 0 Å². The molecule has 1 amide bonds. The molecule has 0 atom stereocenters. The van der Waals surface area contributed by atoms with Crippen molar-refractivity contribution in [3.05, 3.63) is 82.6 Å². The van der Waals surface area contributed by atoms with E-state index < -0.39 is 0 Å². The van der Waals surface area contributed by atoms with Gasteiger partial charge in [0.1, 0.15) is 0 Å². The van der Waals surface area contributed by atoms with Crippen LogP contribution >= 0.6 is 11.6 Å². The van der Waals surface area contributed by atoms with E-state index in [0.717, 1.165) is 11.1 Å². The number of benzene rings is 2. The van der Waals surface area contributed by atoms with Crippen LogP contribution in [-0.2, 0) is 17.9 Å². The molecule has 0 spiro atoms. The molecule has 0 radical (unpaired) electrons. The molecule has 0 saturated heterocycles. The molecule has 0 aliphatic rings. The van der Waals surface area contributed by atoms with Gasteiger partial charge >= 0.3 is 0 Å². The van der Waals surface area contributed by atoms with Crippen molar-refractivity contribution in [1.82, 2.24) is 14.7 Å². The number of carbonyl (C=O) groups is 1. The number of hydrogen-bond acceptors (Lipinski definition) is 4. The highest BCUT2D eigenvalue weighted by Crippen LogP contribution is 2.36. The molecule has 6 nitrogen and oxygen atoms in total. The van der Waals surface area contributed by atoms with Gasteiger partial charge in [-0.1, -0.05) is 41.9 Å². The molecule has 0 N–H and O–H groups in total. The molecule has 1 aromatic heterocycles. The first-order valence-electron chi connectivity index (χ1n) is 9.40. The van der Waals surface area contributed by atoms with Gasteiger partial charge < -0.3 is 14.4 Å². The summed E-state index contributed by atoms with van der Waals surface area (Å²) in [6.45, 7) is 1.16. The minimum atomic E-state index is -0.128. The maximum atomic E-state index is 12.5. The predicted octanol–water partition coefficient (Wildman–Crippen LogP) is 4.27. The van der Waals surface area contributed by atoms with E-state index >= 15 is 0 Å². The molecule has 0 aliphatic carbocycles. The first-order valence-corrected chi connectivity index (χ1v) is 9.78. The van der Waals surface area contributed by atoms with Crippen molar-refractivity contribution in [3.8, 4) is 11.5 Å². The molecular formula is C23H24ClN3O3. The maximum absolute atomic E-state index is 12.5. The molecule has 0 aliphatic heterocycles. The Morgan fingerprint density at radius 3 is 2.63 bits per heavy atom. The first kappa shape index (κ1) is 21.5. The second-order valence-electron chi connectivity index (χ2n) is 6.80. The van der Waals surface area contributed by atoms with Crippen LogP contribution in [0.4, 0.5) is 0 Å². The summed E-state index contributed by atoms with van der Waals surface area (Å²) in [6.07, 6.45) is 6.94. The third-order valence-electron chi connectivity index (χ3n) is 4.54. The van der Waals surface area contributed by atoms with Crippen molar-refractivity contribution < 1.29 is 14.3 Å². The van der Waals surface area contributed by atoms with Gasteiger partial charge in [0, 0.05) is 31.4 Å². The van der Waals surface area contributed by atoms with E-state index in [4.69, 9.17) is 21.1 Å². The summed E-state index contributed by atoms with van der Waals surface area (Å²) in [7, 11) is 4.82. The Labute approximate surface area is 181 Å². The van der Waals surface area contributed by atoms with Crippen molar-refractivity contribution in [3.63, 3.8) is 0 Å². The van der Waals surface area contributed by atoms with Crippen molar-refractivity contribution in [2.75, 3.05) is 21.3 Å². The molecule has 0 saturated carbocycles. The van der Waals surface area contributed by atoms with Gasteiger partial charge in [-0.15, -0.1) is 0 Å². The Morgan fingerprint density at radius 2 is 1.93 bits per heavy atom. The standard InChI is InChI=1S/C23H24ClN3O3/c1-26(14-19-13-25-27(16-19)15-17-7-5-4-6-8-17)22(28)10-9-18-11-20(24)23(30-3)21(12-18)29-2/h4-13,16H,14-15H2,1-3H3/b10-9+. The fourth-order valence-corrected chi connectivity index (χ4v) is 3.32. The van der Waals surface area contributed by atoms with Gasteiger partial charge in [0.2, 0.25) is 5.91 Å². The average Bonchev–Trinajstić information content (AvgIpc) is 3.18. The van der Waals surface area contributed by atoms with Crippen molar-refractivity contribution in [2.24, 2.45) is 0 Å². The largest absolute Gasteiger partial charge is 0.493 e. The molecule has 1 heterocycles. The van der Waals surface area contributed by atoms with Crippen LogP contribution < -0.4 is 9.47 Å². The number of likely N-dealkylation sites (N-methyl/N-ethyl adjacent to an activating group) is 1. The lowest BCUT2D eigenvalue weighted by Crippen LogP contribution is -2.23. The van der Waals surface area contributed by atoms with Crippen LogP contribution in [0.1, 0.15) is 16.7 Å². The smallest absolute Gasteiger partial charge is 0.246 e. The molecule has 7 heteroatoms. The number of ether oxygens (including phenoxy) is 2. The van der Waals surface area contributed by atoms with Gasteiger partial charge in [-0.25, -0.2) is 0 Å². The zero-order valence-electron chi connectivity index (χ0n) is 17.2. The monoisotopic (exact) mass is 425 g/mol. The third-order valence-corrected chi connectivity index (χ3v) is 4.83. The van der Waals surface area contributed by atoms with Crippen LogP contribution in [0.15, 0.2) is 60.9 Å². The molecule has 0 unspecified atom stereocenters. The van der Waals surface area contributed by atoms with Gasteiger partial charge in [-0.3, -0.25) is 9.48 Å². The summed E-state index contributed by atoms with van der Waals surface area (Å²) in [5.74, 6) is 0.847. The number of hydrogen-bond donors (Lipinski definition) is 0. The van der Waals surface area contributed by atoms with Gasteiger partial charge in [0.05, 0.1) is 32.0 Å². The number of methoxy groups -OCH3 is 2. The Morgan fingerprint density at radius 1 is 1.17 bits per heavy atom. The summed E-state index contributed by atoms with van der Waals surface area (Å²) in [5, 5.41) is 4.80. The fraction of sp³-hybridized carbons (Fsp3) is 0.217. The highest BCUT2D eigenvalue weighted by atomic mass is 35.5. The minimum Gasteiger partial charge on any atom is -0.493 e. The molecule has 3 aromatic rings. The Kier molecular flexibility index (Phi) is 7.14. The number of carbonyl (C=O) groups excluding carboxylic acids is 1. The second-order valence-corrected chi connectivity index (χ2v) is 7.20. The maximum Gasteiger partial charge on any atom is 0.246 e. The first-order chi connectivity index (χ1) is 14.5. The van der Waals surface area contributed by atoms with Crippen LogP contribution in [0.2, 0.25) is 5.02 Å². The number of nitrogens with zero attached hydrogens (tertiary/aromatic N) is 3. The predicted molar refractivity (Wildman–Crippen MR) is 118 cm³/mol. The van der Waals surface area contributed by atoms with Gasteiger partial charge in [-0.05, 0) is 29.3 Å². The van der Waals surface area contributed by atoms with Crippen LogP contribution in [0, 0.1) is 0 Å². The van der Waals surface area contributed by atoms with Crippen LogP contribution in [0.3, 0.4) is 0 Å². The van der Waals surface area contributed by atoms with E-state index in [2.05, 4.69) is 17.2 Å². The van der Waals surface area contributed by atoms with E-state index in [0.29, 0.717) is 29.6 Å². The normalized spacial score (nSPS) is 10.9. The summed E-state index contributed by atoms with van der Waals surface area (Å²) in [4.78, 5) is 14.1. The van der Waals surface area contributed by atoms with Crippen LogP contribution in [0.25, 0.3) is 6.08 Å². The van der Waals surface area contributed by atoms with E-state index in [1.54, 1.807) is 43.5 Å². The molecule has 3 rings (SSSR count). The Hall–Kier alpha value is -3.25. The van der Waals surface area contributed by atoms with E-state index in [1.165, 1.54) is 18.7 Å². The van der Waals surface area contributed by atoms with Gasteiger partial charge in [0.15, 0.2) is 11.5 Å². The van der Waals surface area contributed by atoms with Crippen LogP contribution in [-0.4, -0.2) is 41.9 Å². The summed E-state index contributed by atoms with van der Waals surface area (Å²) in [5.41, 5.74) is 2.88. The number of halogens is 1. The highest BCUT2D eigenvalue weighted by molar-refractivity contribution is 6.32. The molecule has 0 fully saturated rings. The summed E-state index contributed by atoms with van der Waals surface area (Å²) in [6, 6.07) is 13.6. The van der Waals surface area contributed by atoms with E-state index in [9.17, 15) is 4.79 Å². The summed E-state index contributed by atoms with van der Waals surface area (Å²) >= 11 is 6.22. The lowest BCUT2D eigenvalue weighted by Gasteiger charge is -2.14. The van der Waals surface area contributed by atoms with Crippen molar-refractivity contribution >= 4 is 23.6 Å². The molecular weight excluding hydrogens is 402 g/mol. The van der Waals surface area contributed by atoms with E-state index in [1.807, 2.05) is 29.1 Å². The number of amides is 1. The van der Waals surface area contributed by atoms with Crippen molar-refractivity contribution in [2.45, 2.75) is 13.1 Å².